The Balaban J connectivity index is 1.66. The number of aromatic nitrogens is 2. The van der Waals surface area contributed by atoms with Crippen molar-refractivity contribution < 1.29 is 17.6 Å². The van der Waals surface area contributed by atoms with Gasteiger partial charge >= 0.3 is 0 Å². The first kappa shape index (κ1) is 22.4. The highest BCUT2D eigenvalue weighted by atomic mass is 35.5. The predicted molar refractivity (Wildman–Crippen MR) is 122 cm³/mol. The Hall–Kier alpha value is -3.76. The zero-order valence-corrected chi connectivity index (χ0v) is 18.4. The molecule has 0 aliphatic carbocycles. The van der Waals surface area contributed by atoms with Gasteiger partial charge in [-0.1, -0.05) is 29.8 Å². The summed E-state index contributed by atoms with van der Waals surface area (Å²) < 4.78 is 42.2. The van der Waals surface area contributed by atoms with E-state index in [0.717, 1.165) is 23.9 Å². The van der Waals surface area contributed by atoms with Gasteiger partial charge in [-0.15, -0.1) is 0 Å². The van der Waals surface area contributed by atoms with Gasteiger partial charge in [0.1, 0.15) is 17.2 Å². The molecule has 0 aliphatic rings. The van der Waals surface area contributed by atoms with E-state index in [1.165, 1.54) is 12.3 Å². The lowest BCUT2D eigenvalue weighted by Gasteiger charge is -2.10. The van der Waals surface area contributed by atoms with Gasteiger partial charge < -0.3 is 10.3 Å². The molecule has 0 aliphatic heterocycles. The molecule has 4 aromatic rings. The Bertz CT molecular complexity index is 1510. The lowest BCUT2D eigenvalue weighted by molar-refractivity contribution is 0.0949. The monoisotopic (exact) mass is 486 g/mol. The van der Waals surface area contributed by atoms with Gasteiger partial charge in [0.15, 0.2) is 0 Å². The Labute approximate surface area is 192 Å². The molecule has 2 heterocycles. The van der Waals surface area contributed by atoms with Crippen LogP contribution in [0, 0.1) is 5.82 Å². The number of anilines is 1. The number of aromatic amines is 1. The van der Waals surface area contributed by atoms with E-state index in [2.05, 4.69) is 20.0 Å². The topological polar surface area (TPSA) is 121 Å². The third-order valence-corrected chi connectivity index (χ3v) is 6.33. The summed E-state index contributed by atoms with van der Waals surface area (Å²) >= 11 is 5.84. The summed E-state index contributed by atoms with van der Waals surface area (Å²) in [5.74, 6) is -1.63. The number of sulfonamides is 1. The molecule has 0 radical (unpaired) electrons. The zero-order valence-electron chi connectivity index (χ0n) is 16.8. The maximum absolute atomic E-state index is 14.6. The first-order valence-corrected chi connectivity index (χ1v) is 11.4. The summed E-state index contributed by atoms with van der Waals surface area (Å²) in [6.45, 7) is 0.129. The molecule has 33 heavy (non-hydrogen) atoms. The maximum atomic E-state index is 14.6. The number of nitrogens with zero attached hydrogens (tertiary/aromatic N) is 1. The Morgan fingerprint density at radius 1 is 1.12 bits per heavy atom. The maximum Gasteiger partial charge on any atom is 0.263 e. The van der Waals surface area contributed by atoms with E-state index in [1.54, 1.807) is 36.4 Å². The van der Waals surface area contributed by atoms with Gasteiger partial charge in [-0.05, 0) is 42.0 Å². The van der Waals surface area contributed by atoms with Crippen molar-refractivity contribution in [2.24, 2.45) is 0 Å². The normalized spacial score (nSPS) is 11.3. The predicted octanol–water partition coefficient (Wildman–Crippen LogP) is 3.45. The van der Waals surface area contributed by atoms with Crippen LogP contribution in [0.15, 0.2) is 76.7 Å². The van der Waals surface area contributed by atoms with Crippen molar-refractivity contribution in [2.45, 2.75) is 11.4 Å². The SMILES string of the molecule is O=C(NCc1ccc(Cl)cc1)c1c[nH]c2c(F)cc(S(=O)(=O)Nc3ccccn3)cc2c1=O. The summed E-state index contributed by atoms with van der Waals surface area (Å²) in [4.78, 5) is 31.4. The van der Waals surface area contributed by atoms with Gasteiger partial charge in [-0.3, -0.25) is 14.3 Å². The highest BCUT2D eigenvalue weighted by molar-refractivity contribution is 7.92. The molecule has 0 unspecified atom stereocenters. The molecule has 4 rings (SSSR count). The molecule has 0 fully saturated rings. The van der Waals surface area contributed by atoms with Crippen molar-refractivity contribution in [1.29, 1.82) is 0 Å². The van der Waals surface area contributed by atoms with Crippen LogP contribution in [0.1, 0.15) is 15.9 Å². The third-order valence-electron chi connectivity index (χ3n) is 4.74. The van der Waals surface area contributed by atoms with Crippen LogP contribution in [-0.2, 0) is 16.6 Å². The van der Waals surface area contributed by atoms with E-state index in [0.29, 0.717) is 5.02 Å². The number of H-pyrrole nitrogens is 1. The number of hydrogen-bond acceptors (Lipinski definition) is 5. The van der Waals surface area contributed by atoms with Gasteiger partial charge in [0, 0.05) is 24.0 Å². The zero-order chi connectivity index (χ0) is 23.6. The van der Waals surface area contributed by atoms with Crippen LogP contribution in [0.4, 0.5) is 10.2 Å². The molecule has 8 nitrogen and oxygen atoms in total. The van der Waals surface area contributed by atoms with Crippen molar-refractivity contribution >= 4 is 44.3 Å². The summed E-state index contributed by atoms with van der Waals surface area (Å²) in [5.41, 5.74) is -0.565. The van der Waals surface area contributed by atoms with E-state index in [-0.39, 0.29) is 28.8 Å². The number of rotatable bonds is 6. The van der Waals surface area contributed by atoms with Crippen LogP contribution in [0.5, 0.6) is 0 Å². The fraction of sp³-hybridized carbons (Fsp3) is 0.0455. The molecule has 0 saturated heterocycles. The number of benzene rings is 2. The minimum Gasteiger partial charge on any atom is -0.358 e. The van der Waals surface area contributed by atoms with Crippen molar-refractivity contribution in [3.63, 3.8) is 0 Å². The van der Waals surface area contributed by atoms with Crippen molar-refractivity contribution in [3.05, 3.63) is 99.2 Å². The summed E-state index contributed by atoms with van der Waals surface area (Å²) in [7, 11) is -4.24. The van der Waals surface area contributed by atoms with Gasteiger partial charge in [0.2, 0.25) is 5.43 Å². The number of hydrogen-bond donors (Lipinski definition) is 3. The second kappa shape index (κ2) is 9.00. The molecular formula is C22H16ClFN4O4S. The van der Waals surface area contributed by atoms with Crippen molar-refractivity contribution in [3.8, 4) is 0 Å². The van der Waals surface area contributed by atoms with Gasteiger partial charge in [0.25, 0.3) is 15.9 Å². The number of halogens is 2. The summed E-state index contributed by atoms with van der Waals surface area (Å²) in [6, 6.07) is 13.2. The van der Waals surface area contributed by atoms with Crippen molar-refractivity contribution in [2.75, 3.05) is 4.72 Å². The van der Waals surface area contributed by atoms with E-state index in [4.69, 9.17) is 11.6 Å². The smallest absolute Gasteiger partial charge is 0.263 e. The minimum atomic E-state index is -4.24. The fourth-order valence-corrected chi connectivity index (χ4v) is 4.26. The number of amides is 1. The first-order chi connectivity index (χ1) is 15.7. The van der Waals surface area contributed by atoms with Crippen LogP contribution >= 0.6 is 11.6 Å². The molecule has 1 amide bonds. The van der Waals surface area contributed by atoms with Crippen LogP contribution < -0.4 is 15.5 Å². The molecule has 2 aromatic heterocycles. The Kier molecular flexibility index (Phi) is 6.12. The molecule has 0 spiro atoms. The van der Waals surface area contributed by atoms with Crippen LogP contribution in [0.3, 0.4) is 0 Å². The molecule has 0 saturated carbocycles. The standard InChI is InChI=1S/C22H16ClFN4O4S/c23-14-6-4-13(5-7-14)11-27-22(30)17-12-26-20-16(21(17)29)9-15(10-18(20)24)33(31,32)28-19-3-1-2-8-25-19/h1-10,12H,11H2,(H,25,28)(H,26,29)(H,27,30). The molecule has 168 valence electrons. The lowest BCUT2D eigenvalue weighted by Crippen LogP contribution is -2.28. The number of fused-ring (bicyclic) bond motifs is 1. The van der Waals surface area contributed by atoms with E-state index in [1.807, 2.05) is 0 Å². The van der Waals surface area contributed by atoms with Crippen molar-refractivity contribution in [1.82, 2.24) is 15.3 Å². The van der Waals surface area contributed by atoms with Gasteiger partial charge in [0.05, 0.1) is 15.8 Å². The third kappa shape index (κ3) is 4.86. The van der Waals surface area contributed by atoms with Gasteiger partial charge in [-0.25, -0.2) is 17.8 Å². The van der Waals surface area contributed by atoms with Crippen LogP contribution in [-0.4, -0.2) is 24.3 Å². The summed E-state index contributed by atoms with van der Waals surface area (Å²) in [6.07, 6.45) is 2.48. The average Bonchev–Trinajstić information content (AvgIpc) is 2.79. The second-order valence-corrected chi connectivity index (χ2v) is 9.11. The van der Waals surface area contributed by atoms with Crippen LogP contribution in [0.2, 0.25) is 5.02 Å². The fourth-order valence-electron chi connectivity index (χ4n) is 3.09. The Morgan fingerprint density at radius 2 is 1.88 bits per heavy atom. The molecular weight excluding hydrogens is 471 g/mol. The molecule has 3 N–H and O–H groups in total. The number of nitrogens with one attached hydrogen (secondary N) is 3. The second-order valence-electron chi connectivity index (χ2n) is 6.99. The number of carbonyl (C=O) groups is 1. The van der Waals surface area contributed by atoms with E-state index in [9.17, 15) is 22.4 Å². The highest BCUT2D eigenvalue weighted by Gasteiger charge is 2.21. The number of carbonyl (C=O) groups excluding carboxylic acids is 1. The lowest BCUT2D eigenvalue weighted by atomic mass is 10.1. The molecule has 11 heteroatoms. The minimum absolute atomic E-state index is 0.0299. The molecule has 0 atom stereocenters. The average molecular weight is 487 g/mol. The van der Waals surface area contributed by atoms with E-state index < -0.39 is 32.1 Å². The van der Waals surface area contributed by atoms with E-state index >= 15 is 0 Å². The largest absolute Gasteiger partial charge is 0.358 e. The molecule has 0 bridgehead atoms. The Morgan fingerprint density at radius 3 is 2.58 bits per heavy atom. The number of pyridine rings is 2. The summed E-state index contributed by atoms with van der Waals surface area (Å²) in [5, 5.41) is 2.86. The van der Waals surface area contributed by atoms with Crippen LogP contribution in [0.25, 0.3) is 10.9 Å². The highest BCUT2D eigenvalue weighted by Crippen LogP contribution is 2.21. The first-order valence-electron chi connectivity index (χ1n) is 9.56. The van der Waals surface area contributed by atoms with Gasteiger partial charge in [-0.2, -0.15) is 0 Å². The quantitative estimate of drug-likeness (QED) is 0.385. The molecule has 2 aromatic carbocycles.